The zero-order valence-corrected chi connectivity index (χ0v) is 17.0. The molecule has 1 atom stereocenters. The van der Waals surface area contributed by atoms with E-state index in [4.69, 9.17) is 16.3 Å². The second-order valence-electron chi connectivity index (χ2n) is 6.19. The summed E-state index contributed by atoms with van der Waals surface area (Å²) >= 11 is 5.91. The van der Waals surface area contributed by atoms with Gasteiger partial charge in [-0.15, -0.1) is 0 Å². The van der Waals surface area contributed by atoms with Crippen LogP contribution in [-0.2, 0) is 15.8 Å². The molecule has 0 radical (unpaired) electrons. The number of benzene rings is 2. The molecule has 146 valence electrons. The molecule has 0 heterocycles. The zero-order valence-electron chi connectivity index (χ0n) is 15.5. The number of sulfonamides is 1. The van der Waals surface area contributed by atoms with Gasteiger partial charge in [0.05, 0.1) is 18.4 Å². The number of ether oxygens (including phenoxy) is 1. The van der Waals surface area contributed by atoms with Crippen LogP contribution >= 0.6 is 11.6 Å². The Hall–Kier alpha value is -2.09. The summed E-state index contributed by atoms with van der Waals surface area (Å²) in [6.45, 7) is 3.72. The molecule has 0 aromatic heterocycles. The van der Waals surface area contributed by atoms with Crippen LogP contribution in [0.3, 0.4) is 0 Å². The Labute approximate surface area is 164 Å². The summed E-state index contributed by atoms with van der Waals surface area (Å²) in [7, 11) is -2.00. The van der Waals surface area contributed by atoms with Gasteiger partial charge in [-0.3, -0.25) is 4.79 Å². The van der Waals surface area contributed by atoms with E-state index in [2.05, 4.69) is 10.0 Å². The number of carbonyl (C=O) groups excluding carboxylic acids is 1. The molecule has 0 saturated carbocycles. The number of halogens is 1. The van der Waals surface area contributed by atoms with E-state index in [1.165, 1.54) is 7.11 Å². The van der Waals surface area contributed by atoms with Crippen LogP contribution in [0.4, 0.5) is 5.69 Å². The lowest BCUT2D eigenvalue weighted by atomic mass is 10.1. The third-order valence-corrected chi connectivity index (χ3v) is 5.65. The highest BCUT2D eigenvalue weighted by atomic mass is 35.5. The molecule has 2 aromatic carbocycles. The van der Waals surface area contributed by atoms with Crippen molar-refractivity contribution in [2.75, 3.05) is 12.4 Å². The number of carbonyl (C=O) groups is 1. The smallest absolute Gasteiger partial charge is 0.259 e. The molecule has 1 unspecified atom stereocenters. The molecule has 1 amide bonds. The van der Waals surface area contributed by atoms with Gasteiger partial charge in [0, 0.05) is 16.8 Å². The Bertz CT molecular complexity index is 916. The minimum absolute atomic E-state index is 0.129. The first kappa shape index (κ1) is 21.2. The Morgan fingerprint density at radius 2 is 1.96 bits per heavy atom. The number of amides is 1. The number of hydrogen-bond acceptors (Lipinski definition) is 4. The fourth-order valence-corrected chi connectivity index (χ4v) is 4.08. The molecule has 0 spiro atoms. The van der Waals surface area contributed by atoms with Crippen LogP contribution in [0.15, 0.2) is 42.5 Å². The van der Waals surface area contributed by atoms with Gasteiger partial charge in [-0.25, -0.2) is 13.1 Å². The zero-order chi connectivity index (χ0) is 20.0. The molecule has 8 heteroatoms. The molecule has 0 fully saturated rings. The highest BCUT2D eigenvalue weighted by molar-refractivity contribution is 7.88. The van der Waals surface area contributed by atoms with E-state index in [9.17, 15) is 13.2 Å². The average molecular weight is 411 g/mol. The summed E-state index contributed by atoms with van der Waals surface area (Å²) in [4.78, 5) is 12.5. The van der Waals surface area contributed by atoms with Crippen LogP contribution < -0.4 is 14.8 Å². The standard InChI is InChI=1S/C19H23ClN2O4S/c1-4-13(2)22-27(24,25)12-14-6-5-7-16(10-14)21-19(23)17-9-8-15(20)11-18(17)26-3/h5-11,13,22H,4,12H2,1-3H3,(H,21,23). The van der Waals surface area contributed by atoms with Crippen LogP contribution in [0, 0.1) is 0 Å². The lowest BCUT2D eigenvalue weighted by Gasteiger charge is -2.13. The van der Waals surface area contributed by atoms with Gasteiger partial charge >= 0.3 is 0 Å². The van der Waals surface area contributed by atoms with Crippen molar-refractivity contribution in [2.24, 2.45) is 0 Å². The van der Waals surface area contributed by atoms with E-state index >= 15 is 0 Å². The number of anilines is 1. The minimum atomic E-state index is -3.46. The van der Waals surface area contributed by atoms with Crippen molar-refractivity contribution in [3.05, 3.63) is 58.6 Å². The first-order valence-corrected chi connectivity index (χ1v) is 10.5. The maximum absolute atomic E-state index is 12.5. The number of methoxy groups -OCH3 is 1. The van der Waals surface area contributed by atoms with Crippen molar-refractivity contribution in [1.82, 2.24) is 4.72 Å². The molecule has 0 bridgehead atoms. The van der Waals surface area contributed by atoms with E-state index in [0.717, 1.165) is 0 Å². The topological polar surface area (TPSA) is 84.5 Å². The molecular weight excluding hydrogens is 388 g/mol. The van der Waals surface area contributed by atoms with Crippen LogP contribution in [-0.4, -0.2) is 27.5 Å². The second-order valence-corrected chi connectivity index (χ2v) is 8.38. The first-order valence-electron chi connectivity index (χ1n) is 8.48. The third kappa shape index (κ3) is 6.23. The van der Waals surface area contributed by atoms with Gasteiger partial charge in [0.1, 0.15) is 5.75 Å². The number of nitrogens with one attached hydrogen (secondary N) is 2. The molecule has 0 saturated heterocycles. The molecule has 2 rings (SSSR count). The van der Waals surface area contributed by atoms with Crippen molar-refractivity contribution in [3.8, 4) is 5.75 Å². The maximum atomic E-state index is 12.5. The van der Waals surface area contributed by atoms with E-state index < -0.39 is 10.0 Å². The highest BCUT2D eigenvalue weighted by Gasteiger charge is 2.16. The maximum Gasteiger partial charge on any atom is 0.259 e. The average Bonchev–Trinajstić information content (AvgIpc) is 2.60. The van der Waals surface area contributed by atoms with Gasteiger partial charge in [-0.05, 0) is 49.2 Å². The quantitative estimate of drug-likeness (QED) is 0.692. The third-order valence-electron chi connectivity index (χ3n) is 3.94. The fourth-order valence-electron chi connectivity index (χ4n) is 2.44. The fraction of sp³-hybridized carbons (Fsp3) is 0.316. The number of rotatable bonds is 8. The van der Waals surface area contributed by atoms with Crippen molar-refractivity contribution in [2.45, 2.75) is 32.1 Å². The predicted molar refractivity (Wildman–Crippen MR) is 108 cm³/mol. The van der Waals surface area contributed by atoms with Gasteiger partial charge in [0.25, 0.3) is 5.91 Å². The molecule has 0 aliphatic heterocycles. The number of hydrogen-bond donors (Lipinski definition) is 2. The summed E-state index contributed by atoms with van der Waals surface area (Å²) < 4.78 is 32.2. The molecule has 2 N–H and O–H groups in total. The Kier molecular flexibility index (Phi) is 7.24. The minimum Gasteiger partial charge on any atom is -0.496 e. The van der Waals surface area contributed by atoms with Crippen LogP contribution in [0.1, 0.15) is 36.2 Å². The van der Waals surface area contributed by atoms with E-state index in [1.54, 1.807) is 42.5 Å². The lowest BCUT2D eigenvalue weighted by Crippen LogP contribution is -2.32. The van der Waals surface area contributed by atoms with Crippen LogP contribution in [0.2, 0.25) is 5.02 Å². The van der Waals surface area contributed by atoms with Gasteiger partial charge in [0.2, 0.25) is 10.0 Å². The van der Waals surface area contributed by atoms with Gasteiger partial charge in [-0.2, -0.15) is 0 Å². The molecule has 0 aliphatic rings. The molecular formula is C19H23ClN2O4S. The van der Waals surface area contributed by atoms with E-state index in [1.807, 2.05) is 13.8 Å². The monoisotopic (exact) mass is 410 g/mol. The molecule has 2 aromatic rings. The van der Waals surface area contributed by atoms with Crippen molar-refractivity contribution < 1.29 is 17.9 Å². The van der Waals surface area contributed by atoms with Gasteiger partial charge in [-0.1, -0.05) is 30.7 Å². The van der Waals surface area contributed by atoms with Gasteiger partial charge in [0.15, 0.2) is 0 Å². The summed E-state index contributed by atoms with van der Waals surface area (Å²) in [5, 5.41) is 3.22. The lowest BCUT2D eigenvalue weighted by molar-refractivity contribution is 0.102. The highest BCUT2D eigenvalue weighted by Crippen LogP contribution is 2.24. The van der Waals surface area contributed by atoms with E-state index in [0.29, 0.717) is 34.0 Å². The van der Waals surface area contributed by atoms with Crippen LogP contribution in [0.25, 0.3) is 0 Å². The molecule has 27 heavy (non-hydrogen) atoms. The Morgan fingerprint density at radius 1 is 1.22 bits per heavy atom. The van der Waals surface area contributed by atoms with Gasteiger partial charge < -0.3 is 10.1 Å². The van der Waals surface area contributed by atoms with Crippen LogP contribution in [0.5, 0.6) is 5.75 Å². The summed E-state index contributed by atoms with van der Waals surface area (Å²) in [6.07, 6.45) is 0.707. The van der Waals surface area contributed by atoms with Crippen molar-refractivity contribution in [3.63, 3.8) is 0 Å². The molecule has 6 nitrogen and oxygen atoms in total. The van der Waals surface area contributed by atoms with Crippen molar-refractivity contribution >= 4 is 33.2 Å². The summed E-state index contributed by atoms with van der Waals surface area (Å²) in [6, 6.07) is 11.3. The van der Waals surface area contributed by atoms with Crippen molar-refractivity contribution in [1.29, 1.82) is 0 Å². The second kappa shape index (κ2) is 9.21. The summed E-state index contributed by atoms with van der Waals surface area (Å²) in [5.74, 6) is -0.177. The largest absolute Gasteiger partial charge is 0.496 e. The summed E-state index contributed by atoms with van der Waals surface area (Å²) in [5.41, 5.74) is 1.40. The van der Waals surface area contributed by atoms with E-state index in [-0.39, 0.29) is 17.7 Å². The normalized spacial score (nSPS) is 12.4. The Morgan fingerprint density at radius 3 is 2.63 bits per heavy atom. The Balaban J connectivity index is 2.15. The SMILES string of the molecule is CCC(C)NS(=O)(=O)Cc1cccc(NC(=O)c2ccc(Cl)cc2OC)c1. The predicted octanol–water partition coefficient (Wildman–Crippen LogP) is 3.82. The molecule has 0 aliphatic carbocycles. The first-order chi connectivity index (χ1) is 12.7.